The topological polar surface area (TPSA) is 60.4 Å². The number of hydrogen-bond acceptors (Lipinski definition) is 4. The molecule has 0 heterocycles. The number of carbonyl (C=O) groups excluding carboxylic acids is 3. The van der Waals surface area contributed by atoms with E-state index < -0.39 is 0 Å². The van der Waals surface area contributed by atoms with Crippen molar-refractivity contribution >= 4 is 18.5 Å². The molecule has 21 heavy (non-hydrogen) atoms. The quantitative estimate of drug-likeness (QED) is 0.268. The number of hydrogen-bond donors (Lipinski definition) is 0. The third-order valence-electron chi connectivity index (χ3n) is 3.94. The largest absolute Gasteiger partial charge is 0.462 e. The average Bonchev–Trinajstić information content (AvgIpc) is 2.51. The number of esters is 1. The SMILES string of the molecule is C=CCC[C@@]1(CCC=O)C=C(C(=O)OCCC=O)CCC1. The van der Waals surface area contributed by atoms with E-state index in [1.807, 2.05) is 12.2 Å². The average molecular weight is 292 g/mol. The van der Waals surface area contributed by atoms with Crippen molar-refractivity contribution in [1.82, 2.24) is 0 Å². The van der Waals surface area contributed by atoms with E-state index >= 15 is 0 Å². The molecule has 116 valence electrons. The summed E-state index contributed by atoms with van der Waals surface area (Å²) in [7, 11) is 0. The highest BCUT2D eigenvalue weighted by atomic mass is 16.5. The summed E-state index contributed by atoms with van der Waals surface area (Å²) in [5.41, 5.74) is 0.578. The van der Waals surface area contributed by atoms with Gasteiger partial charge in [0.1, 0.15) is 12.6 Å². The van der Waals surface area contributed by atoms with E-state index in [0.29, 0.717) is 18.4 Å². The molecule has 1 aliphatic carbocycles. The maximum Gasteiger partial charge on any atom is 0.333 e. The Morgan fingerprint density at radius 1 is 1.24 bits per heavy atom. The zero-order valence-electron chi connectivity index (χ0n) is 12.5. The minimum atomic E-state index is -0.328. The van der Waals surface area contributed by atoms with Gasteiger partial charge in [0.25, 0.3) is 0 Å². The Morgan fingerprint density at radius 2 is 1.95 bits per heavy atom. The van der Waals surface area contributed by atoms with Crippen molar-refractivity contribution in [1.29, 1.82) is 0 Å². The van der Waals surface area contributed by atoms with Crippen molar-refractivity contribution in [3.63, 3.8) is 0 Å². The zero-order chi connectivity index (χ0) is 15.6. The summed E-state index contributed by atoms with van der Waals surface area (Å²) in [6, 6.07) is 0. The van der Waals surface area contributed by atoms with Gasteiger partial charge < -0.3 is 14.3 Å². The molecule has 0 bridgehead atoms. The van der Waals surface area contributed by atoms with Gasteiger partial charge in [0.15, 0.2) is 0 Å². The number of allylic oxidation sites excluding steroid dienone is 2. The number of rotatable bonds is 10. The van der Waals surface area contributed by atoms with Gasteiger partial charge in [-0.25, -0.2) is 4.79 Å². The Labute approximate surface area is 126 Å². The van der Waals surface area contributed by atoms with Crippen LogP contribution < -0.4 is 0 Å². The van der Waals surface area contributed by atoms with Crippen molar-refractivity contribution in [2.45, 2.75) is 51.4 Å². The molecule has 1 aliphatic rings. The fourth-order valence-electron chi connectivity index (χ4n) is 2.85. The first-order chi connectivity index (χ1) is 10.2. The van der Waals surface area contributed by atoms with Crippen LogP contribution in [0, 0.1) is 5.41 Å². The van der Waals surface area contributed by atoms with Gasteiger partial charge in [0.05, 0.1) is 6.61 Å². The summed E-state index contributed by atoms with van der Waals surface area (Å²) < 4.78 is 5.10. The molecule has 0 saturated heterocycles. The maximum atomic E-state index is 12.0. The van der Waals surface area contributed by atoms with E-state index in [1.54, 1.807) is 0 Å². The van der Waals surface area contributed by atoms with Gasteiger partial charge in [-0.1, -0.05) is 12.2 Å². The van der Waals surface area contributed by atoms with Gasteiger partial charge in [0, 0.05) is 18.4 Å². The molecule has 4 nitrogen and oxygen atoms in total. The summed E-state index contributed by atoms with van der Waals surface area (Å²) in [5, 5.41) is 0. The lowest BCUT2D eigenvalue weighted by molar-refractivity contribution is -0.139. The second-order valence-corrected chi connectivity index (χ2v) is 5.51. The van der Waals surface area contributed by atoms with Crippen LogP contribution in [0.2, 0.25) is 0 Å². The fraction of sp³-hybridized carbons (Fsp3) is 0.588. The molecular formula is C17H24O4. The lowest BCUT2D eigenvalue weighted by Crippen LogP contribution is -2.25. The Morgan fingerprint density at radius 3 is 2.62 bits per heavy atom. The first kappa shape index (κ1) is 17.3. The summed E-state index contributed by atoms with van der Waals surface area (Å²) in [6.07, 6.45) is 11.4. The van der Waals surface area contributed by atoms with E-state index in [0.717, 1.165) is 44.7 Å². The predicted octanol–water partition coefficient (Wildman–Crippen LogP) is 3.16. The van der Waals surface area contributed by atoms with E-state index in [1.165, 1.54) is 0 Å². The van der Waals surface area contributed by atoms with Gasteiger partial charge in [-0.3, -0.25) is 0 Å². The molecule has 0 unspecified atom stereocenters. The molecule has 0 N–H and O–H groups in total. The van der Waals surface area contributed by atoms with Gasteiger partial charge in [0.2, 0.25) is 0 Å². The molecule has 0 amide bonds. The van der Waals surface area contributed by atoms with Crippen molar-refractivity contribution in [2.75, 3.05) is 6.61 Å². The number of ether oxygens (including phenoxy) is 1. The molecule has 1 rings (SSSR count). The van der Waals surface area contributed by atoms with Crippen molar-refractivity contribution < 1.29 is 19.1 Å². The smallest absolute Gasteiger partial charge is 0.333 e. The Bertz CT molecular complexity index is 397. The zero-order valence-corrected chi connectivity index (χ0v) is 12.5. The van der Waals surface area contributed by atoms with Crippen molar-refractivity contribution in [3.8, 4) is 0 Å². The molecular weight excluding hydrogens is 268 g/mol. The Balaban J connectivity index is 2.79. The van der Waals surface area contributed by atoms with E-state index in [4.69, 9.17) is 4.74 Å². The standard InChI is InChI=1S/C17H24O4/c1-2-3-8-17(10-5-11-18)9-4-7-15(14-17)16(20)21-13-6-12-19/h2,11-12,14H,1,3-10,13H2/t17-/m1/s1. The van der Waals surface area contributed by atoms with Crippen LogP contribution >= 0.6 is 0 Å². The normalized spacial score (nSPS) is 21.2. The molecule has 1 atom stereocenters. The van der Waals surface area contributed by atoms with Crippen LogP contribution in [-0.2, 0) is 19.1 Å². The van der Waals surface area contributed by atoms with Crippen molar-refractivity contribution in [3.05, 3.63) is 24.3 Å². The summed E-state index contributed by atoms with van der Waals surface area (Å²) in [5.74, 6) is -0.328. The van der Waals surface area contributed by atoms with Crippen LogP contribution in [0.1, 0.15) is 51.4 Å². The maximum absolute atomic E-state index is 12.0. The van der Waals surface area contributed by atoms with Crippen LogP contribution in [-0.4, -0.2) is 25.1 Å². The van der Waals surface area contributed by atoms with Crippen LogP contribution in [0.3, 0.4) is 0 Å². The van der Waals surface area contributed by atoms with Crippen LogP contribution in [0.15, 0.2) is 24.3 Å². The molecule has 0 aromatic rings. The third kappa shape index (κ3) is 5.66. The lowest BCUT2D eigenvalue weighted by Gasteiger charge is -2.34. The van der Waals surface area contributed by atoms with Gasteiger partial charge in [-0.05, 0) is 43.9 Å². The van der Waals surface area contributed by atoms with Crippen LogP contribution in [0.4, 0.5) is 0 Å². The predicted molar refractivity (Wildman–Crippen MR) is 80.7 cm³/mol. The van der Waals surface area contributed by atoms with Crippen molar-refractivity contribution in [2.24, 2.45) is 5.41 Å². The highest BCUT2D eigenvalue weighted by Gasteiger charge is 2.31. The summed E-state index contributed by atoms with van der Waals surface area (Å²) >= 11 is 0. The Hall–Kier alpha value is -1.71. The monoisotopic (exact) mass is 292 g/mol. The summed E-state index contributed by atoms with van der Waals surface area (Å²) in [4.78, 5) is 33.0. The minimum Gasteiger partial charge on any atom is -0.462 e. The van der Waals surface area contributed by atoms with Crippen LogP contribution in [0.5, 0.6) is 0 Å². The molecule has 0 radical (unpaired) electrons. The molecule has 0 aromatic heterocycles. The highest BCUT2D eigenvalue weighted by Crippen LogP contribution is 2.42. The summed E-state index contributed by atoms with van der Waals surface area (Å²) in [6.45, 7) is 3.88. The van der Waals surface area contributed by atoms with Crippen LogP contribution in [0.25, 0.3) is 0 Å². The van der Waals surface area contributed by atoms with Gasteiger partial charge in [-0.2, -0.15) is 0 Å². The second kappa shape index (κ2) is 9.27. The first-order valence-electron chi connectivity index (χ1n) is 7.54. The van der Waals surface area contributed by atoms with E-state index in [9.17, 15) is 14.4 Å². The molecule has 0 spiro atoms. The second-order valence-electron chi connectivity index (χ2n) is 5.51. The fourth-order valence-corrected chi connectivity index (χ4v) is 2.85. The lowest BCUT2D eigenvalue weighted by atomic mass is 9.70. The first-order valence-corrected chi connectivity index (χ1v) is 7.54. The minimum absolute atomic E-state index is 0.105. The molecule has 4 heteroatoms. The molecule has 0 saturated carbocycles. The number of aldehydes is 2. The highest BCUT2D eigenvalue weighted by molar-refractivity contribution is 5.88. The van der Waals surface area contributed by atoms with Gasteiger partial charge >= 0.3 is 5.97 Å². The Kier molecular flexibility index (Phi) is 7.65. The molecule has 0 aliphatic heterocycles. The number of carbonyl (C=O) groups is 3. The third-order valence-corrected chi connectivity index (χ3v) is 3.94. The van der Waals surface area contributed by atoms with Gasteiger partial charge in [-0.15, -0.1) is 6.58 Å². The van der Waals surface area contributed by atoms with E-state index in [2.05, 4.69) is 6.58 Å². The molecule has 0 aromatic carbocycles. The van der Waals surface area contributed by atoms with E-state index in [-0.39, 0.29) is 24.4 Å². The molecule has 0 fully saturated rings.